The summed E-state index contributed by atoms with van der Waals surface area (Å²) in [7, 11) is 22.2. The number of rotatable bonds is 54. The lowest BCUT2D eigenvalue weighted by Crippen LogP contribution is -2.57. The van der Waals surface area contributed by atoms with Crippen molar-refractivity contribution in [2.75, 3.05) is 300 Å². The molecule has 0 aliphatic carbocycles. The molecule has 48 heteroatoms. The molecule has 10 amide bonds. The van der Waals surface area contributed by atoms with Gasteiger partial charge in [0, 0.05) is 138 Å². The molecule has 2 aromatic rings. The van der Waals surface area contributed by atoms with Crippen LogP contribution in [0.5, 0.6) is 0 Å². The first-order valence-electron chi connectivity index (χ1n) is 39.3. The van der Waals surface area contributed by atoms with Gasteiger partial charge < -0.3 is 95.2 Å². The van der Waals surface area contributed by atoms with E-state index in [0.717, 1.165) is 81.0 Å². The van der Waals surface area contributed by atoms with Gasteiger partial charge in [-0.1, -0.05) is 53.4 Å². The van der Waals surface area contributed by atoms with Crippen molar-refractivity contribution in [2.24, 2.45) is 0 Å². The van der Waals surface area contributed by atoms with Gasteiger partial charge in [-0.15, -0.1) is 0 Å². The highest BCUT2D eigenvalue weighted by Gasteiger charge is 2.59. The minimum Gasteiger partial charge on any atom is -0.369 e. The number of unbranched alkanes of at least 4 members (excludes halogenated alkanes) is 4. The van der Waals surface area contributed by atoms with E-state index in [1.165, 1.54) is 31.1 Å². The Balaban J connectivity index is 0.000000505. The molecule has 0 radical (unpaired) electrons. The number of aromatic nitrogens is 6. The summed E-state index contributed by atoms with van der Waals surface area (Å²) < 4.78 is 89.1. The van der Waals surface area contributed by atoms with Crippen molar-refractivity contribution >= 4 is 53.9 Å². The fourth-order valence-electron chi connectivity index (χ4n) is 11.1. The lowest BCUT2D eigenvalue weighted by Gasteiger charge is -2.39. The number of methoxy groups -OCH3 is 12. The molecular weight excluding hydrogens is 1570 g/mol. The van der Waals surface area contributed by atoms with Crippen molar-refractivity contribution in [1.82, 2.24) is 94.6 Å². The number of anilines is 4. The average Bonchev–Trinajstić information content (AvgIpc) is 1.57. The van der Waals surface area contributed by atoms with E-state index in [-0.39, 0.29) is 136 Å². The number of hydrogen-bond acceptors (Lipinski definition) is 38. The molecule has 0 saturated carbocycles. The number of nitrogens with one attached hydrogen (secondary N) is 2. The molecular formula is C71H141N23O25. The van der Waals surface area contributed by atoms with E-state index in [2.05, 4.69) is 68.4 Å². The number of carbonyl (C=O) groups is 5. The minimum atomic E-state index is -0.607. The van der Waals surface area contributed by atoms with Crippen LogP contribution in [0.15, 0.2) is 0 Å². The lowest BCUT2D eigenvalue weighted by molar-refractivity contribution is -0.102. The van der Waals surface area contributed by atoms with Crippen molar-refractivity contribution in [3.63, 3.8) is 0 Å². The second-order valence-corrected chi connectivity index (χ2v) is 26.4. The zero-order chi connectivity index (χ0) is 88.3. The highest BCUT2D eigenvalue weighted by molar-refractivity contribution is 5.85. The van der Waals surface area contributed by atoms with E-state index in [9.17, 15) is 34.4 Å². The molecule has 0 spiro atoms. The lowest BCUT2D eigenvalue weighted by atomic mass is 10.3. The van der Waals surface area contributed by atoms with Crippen molar-refractivity contribution in [3.05, 3.63) is 11.6 Å². The molecule has 48 nitrogen and oxygen atoms in total. The number of fused-ring (bicyclic) bond motifs is 1. The van der Waals surface area contributed by atoms with Crippen molar-refractivity contribution in [1.29, 1.82) is 0 Å². The van der Waals surface area contributed by atoms with Crippen LogP contribution in [0.2, 0.25) is 0 Å². The standard InChI is InChI=1S/C24H46N4O6.C15H30N6O6.C9H18N6O3.C8H17N3O3.C8H16N2O3.C7H14N2O4/c1-5-9-13-31-17-25-21-22(27(23(25)29)19-33-15-11-7-3)28(20-34-16-12-8-4)24(30)26(21)18-32-14-10-6-2;1-22-7-16-13(27-6)12-17-14(20(8-23-2)9-24-3)19-15(18-12)21(10-25-4)11-26-5;1-4-14(16)8-11-7(6-10-18-3)12-9(13-8)15(17)5-2;1-9-4-10(6-13-2)8(12)11(5-9)7-14-3;1-12-6-9-4-3-5-10(7-13-2)8(9)11;1-11-3-8-5-13-6-9(4-12-2)7(8)10/h21-22H,5-20H2,1-4H3;13,16H,7-11H2,1-6H3;10,16-17H,4-6H2,1-3H3;4-7H2,1-3H3;3-7H2,1-2H3;3-6H2,1-2H3. The summed E-state index contributed by atoms with van der Waals surface area (Å²) >= 11 is 0. The van der Waals surface area contributed by atoms with Crippen LogP contribution in [0.1, 0.15) is 117 Å². The maximum Gasteiger partial charge on any atom is 0.327 e. The summed E-state index contributed by atoms with van der Waals surface area (Å²) in [6.45, 7) is 21.7. The monoisotopic (exact) mass is 1720 g/mol. The van der Waals surface area contributed by atoms with Crippen LogP contribution in [0.3, 0.4) is 0 Å². The van der Waals surface area contributed by atoms with E-state index in [0.29, 0.717) is 103 Å². The summed E-state index contributed by atoms with van der Waals surface area (Å²) in [5, 5.41) is 23.9. The van der Waals surface area contributed by atoms with Crippen LogP contribution >= 0.6 is 0 Å². The van der Waals surface area contributed by atoms with Crippen LogP contribution < -0.4 is 30.7 Å². The predicted molar refractivity (Wildman–Crippen MR) is 430 cm³/mol. The third-order valence-corrected chi connectivity index (χ3v) is 16.8. The van der Waals surface area contributed by atoms with Crippen LogP contribution in [0, 0.1) is 0 Å². The molecule has 119 heavy (non-hydrogen) atoms. The number of ether oxygens (including phenoxy) is 17. The van der Waals surface area contributed by atoms with Crippen LogP contribution in [-0.2, 0) is 91.9 Å². The molecule has 0 aromatic carbocycles. The van der Waals surface area contributed by atoms with Gasteiger partial charge >= 0.3 is 30.2 Å². The molecule has 5 fully saturated rings. The van der Waals surface area contributed by atoms with Crippen LogP contribution in [-0.4, -0.2) is 417 Å². The van der Waals surface area contributed by atoms with Crippen molar-refractivity contribution in [3.8, 4) is 0 Å². The second kappa shape index (κ2) is 65.4. The Morgan fingerprint density at radius 2 is 0.756 bits per heavy atom. The number of hydroxylamine groups is 3. The largest absolute Gasteiger partial charge is 0.369 e. The highest BCUT2D eigenvalue weighted by Crippen LogP contribution is 2.35. The quantitative estimate of drug-likeness (QED) is 0.0415. The molecule has 7 rings (SSSR count). The van der Waals surface area contributed by atoms with E-state index in [1.54, 1.807) is 134 Å². The topological polar surface area (TPSA) is 442 Å². The van der Waals surface area contributed by atoms with Gasteiger partial charge in [0.05, 0.1) is 33.7 Å². The first-order chi connectivity index (χ1) is 57.6. The van der Waals surface area contributed by atoms with Crippen LogP contribution in [0.25, 0.3) is 0 Å². The molecule has 1 unspecified atom stereocenters. The Morgan fingerprint density at radius 1 is 0.420 bits per heavy atom. The fraction of sp³-hybridized carbons (Fsp3) is 0.845. The van der Waals surface area contributed by atoms with Gasteiger partial charge in [0.15, 0.2) is 30.2 Å². The highest BCUT2D eigenvalue weighted by atomic mass is 16.6. The van der Waals surface area contributed by atoms with E-state index in [4.69, 9.17) is 85.4 Å². The Morgan fingerprint density at radius 3 is 1.08 bits per heavy atom. The third kappa shape index (κ3) is 38.3. The molecule has 5 aliphatic rings. The maximum atomic E-state index is 13.4. The number of hydrogen-bond donors (Lipinski definition) is 4. The zero-order valence-electron chi connectivity index (χ0n) is 74.1. The van der Waals surface area contributed by atoms with Gasteiger partial charge in [0.2, 0.25) is 11.9 Å². The van der Waals surface area contributed by atoms with Crippen molar-refractivity contribution < 1.29 is 120 Å². The number of urea groups is 5. The van der Waals surface area contributed by atoms with Gasteiger partial charge in [0.25, 0.3) is 11.9 Å². The van der Waals surface area contributed by atoms with Gasteiger partial charge in [-0.3, -0.25) is 69.6 Å². The van der Waals surface area contributed by atoms with Gasteiger partial charge in [-0.2, -0.15) is 35.4 Å². The Bertz CT molecular complexity index is 2730. The van der Waals surface area contributed by atoms with E-state index in [1.807, 2.05) is 11.9 Å². The molecule has 7 heterocycles. The smallest absolute Gasteiger partial charge is 0.327 e. The SMILES string of the molecule is CCCCOCN1C(=O)N(COCCCC)C2C1N(COCCCC)C(=O)N2COCCCC.CCN(O)c1nc(CNOC)nc(N(O)CC)n1.COCN1CCCN(COC)C1=O.COCN1CN(C)CN(COC)C1=O.COCN1COCN(COC)C1=O.COCNC(OC)c1nc(N(COC)COC)nc(N(COC)COC)n1. The zero-order valence-corrected chi connectivity index (χ0v) is 74.1. The summed E-state index contributed by atoms with van der Waals surface area (Å²) in [6.07, 6.45) is 7.03. The summed E-state index contributed by atoms with van der Waals surface area (Å²) in [5.74, 6) is 1.57. The van der Waals surface area contributed by atoms with Gasteiger partial charge in [0.1, 0.15) is 108 Å². The third-order valence-electron chi connectivity index (χ3n) is 16.8. The normalized spacial score (nSPS) is 16.4. The molecule has 5 saturated heterocycles. The Kier molecular flexibility index (Phi) is 59.2. The number of amides is 10. The summed E-state index contributed by atoms with van der Waals surface area (Å²) in [4.78, 5) is 113. The van der Waals surface area contributed by atoms with Gasteiger partial charge in [-0.05, 0) is 53.0 Å². The Labute approximate surface area is 701 Å². The average molecular weight is 1720 g/mol. The first-order valence-corrected chi connectivity index (χ1v) is 39.3. The molecule has 5 aliphatic heterocycles. The molecule has 4 N–H and O–H groups in total. The van der Waals surface area contributed by atoms with Crippen molar-refractivity contribution in [2.45, 2.75) is 124 Å². The predicted octanol–water partition coefficient (Wildman–Crippen LogP) is 3.87. The number of carbonyl (C=O) groups excluding carboxylic acids is 5. The molecule has 0 bridgehead atoms. The minimum absolute atomic E-state index is 0.00468. The van der Waals surface area contributed by atoms with Gasteiger partial charge in [-0.25, -0.2) is 34.1 Å². The maximum absolute atomic E-state index is 13.4. The second-order valence-electron chi connectivity index (χ2n) is 26.4. The Hall–Kier alpha value is -7.35. The number of nitrogens with zero attached hydrogens (tertiary/aromatic N) is 21. The first kappa shape index (κ1) is 108. The van der Waals surface area contributed by atoms with E-state index >= 15 is 0 Å². The summed E-state index contributed by atoms with van der Waals surface area (Å²) in [6, 6.07) is -0.586. The van der Waals surface area contributed by atoms with Crippen LogP contribution in [0.4, 0.5) is 47.8 Å². The summed E-state index contributed by atoms with van der Waals surface area (Å²) in [5.41, 5.74) is 2.58. The fourth-order valence-corrected chi connectivity index (χ4v) is 11.1. The van der Waals surface area contributed by atoms with E-state index < -0.39 is 18.6 Å². The molecule has 690 valence electrons. The molecule has 1 atom stereocenters. The molecule has 2 aromatic heterocycles.